The molecule has 0 radical (unpaired) electrons. The van der Waals surface area contributed by atoms with Crippen LogP contribution in [-0.4, -0.2) is 46.5 Å². The number of aromatic nitrogens is 3. The number of benzene rings is 1. The molecular weight excluding hydrogens is 340 g/mol. The highest BCUT2D eigenvalue weighted by atomic mass is 32.2. The molecule has 0 aliphatic carbocycles. The first-order valence-corrected chi connectivity index (χ1v) is 9.46. The van der Waals surface area contributed by atoms with Crippen LogP contribution in [0.1, 0.15) is 6.42 Å². The van der Waals surface area contributed by atoms with E-state index in [-0.39, 0.29) is 11.1 Å². The van der Waals surface area contributed by atoms with E-state index in [9.17, 15) is 8.42 Å². The van der Waals surface area contributed by atoms with E-state index >= 15 is 0 Å². The lowest BCUT2D eigenvalue weighted by Gasteiger charge is -2.16. The SMILES string of the molecule is Cn1cnc(S(=O)(=O)N2CCC(Oc3cccc4cccnc34)C2)c1. The van der Waals surface area contributed by atoms with E-state index in [0.717, 1.165) is 10.9 Å². The second-order valence-electron chi connectivity index (χ2n) is 6.10. The molecule has 7 nitrogen and oxygen atoms in total. The van der Waals surface area contributed by atoms with Crippen LogP contribution in [0.25, 0.3) is 10.9 Å². The van der Waals surface area contributed by atoms with Gasteiger partial charge in [-0.25, -0.2) is 13.4 Å². The van der Waals surface area contributed by atoms with E-state index in [0.29, 0.717) is 25.3 Å². The molecule has 1 aliphatic rings. The molecule has 8 heteroatoms. The van der Waals surface area contributed by atoms with Crippen LogP contribution >= 0.6 is 0 Å². The number of ether oxygens (including phenoxy) is 1. The zero-order chi connectivity index (χ0) is 17.4. The average molecular weight is 358 g/mol. The highest BCUT2D eigenvalue weighted by Crippen LogP contribution is 2.27. The summed E-state index contributed by atoms with van der Waals surface area (Å²) in [5.41, 5.74) is 0.788. The zero-order valence-electron chi connectivity index (χ0n) is 13.7. The van der Waals surface area contributed by atoms with Crippen LogP contribution in [0.4, 0.5) is 0 Å². The van der Waals surface area contributed by atoms with Crippen molar-refractivity contribution < 1.29 is 13.2 Å². The molecule has 4 rings (SSSR count). The summed E-state index contributed by atoms with van der Waals surface area (Å²) in [6.07, 6.45) is 5.15. The Hall–Kier alpha value is -2.45. The van der Waals surface area contributed by atoms with Crippen molar-refractivity contribution in [3.05, 3.63) is 49.1 Å². The molecule has 1 atom stereocenters. The van der Waals surface area contributed by atoms with Crippen LogP contribution in [0, 0.1) is 0 Å². The van der Waals surface area contributed by atoms with Crippen molar-refractivity contribution >= 4 is 20.9 Å². The first kappa shape index (κ1) is 16.0. The highest BCUT2D eigenvalue weighted by molar-refractivity contribution is 7.89. The minimum Gasteiger partial charge on any atom is -0.487 e. The lowest BCUT2D eigenvalue weighted by atomic mass is 10.2. The van der Waals surface area contributed by atoms with Gasteiger partial charge in [0.2, 0.25) is 0 Å². The second kappa shape index (κ2) is 6.12. The summed E-state index contributed by atoms with van der Waals surface area (Å²) in [5, 5.41) is 1.07. The Balaban J connectivity index is 1.53. The second-order valence-corrected chi connectivity index (χ2v) is 7.99. The Labute approximate surface area is 145 Å². The number of imidazole rings is 1. The molecule has 1 unspecified atom stereocenters. The van der Waals surface area contributed by atoms with Crippen molar-refractivity contribution in [2.45, 2.75) is 17.6 Å². The summed E-state index contributed by atoms with van der Waals surface area (Å²) in [6.45, 7) is 0.726. The molecule has 0 N–H and O–H groups in total. The number of nitrogens with zero attached hydrogens (tertiary/aromatic N) is 4. The minimum absolute atomic E-state index is 0.0717. The van der Waals surface area contributed by atoms with Gasteiger partial charge in [0.15, 0.2) is 5.03 Å². The molecule has 1 aliphatic heterocycles. The first-order chi connectivity index (χ1) is 12.0. The van der Waals surface area contributed by atoms with Gasteiger partial charge in [0, 0.05) is 31.4 Å². The van der Waals surface area contributed by atoms with E-state index < -0.39 is 10.0 Å². The van der Waals surface area contributed by atoms with Crippen molar-refractivity contribution in [2.75, 3.05) is 13.1 Å². The Morgan fingerprint density at radius 3 is 2.84 bits per heavy atom. The molecule has 3 heterocycles. The van der Waals surface area contributed by atoms with Gasteiger partial charge in [-0.2, -0.15) is 4.31 Å². The third-order valence-corrected chi connectivity index (χ3v) is 6.03. The maximum atomic E-state index is 12.6. The van der Waals surface area contributed by atoms with Crippen LogP contribution in [0.5, 0.6) is 5.75 Å². The molecule has 0 spiro atoms. The lowest BCUT2D eigenvalue weighted by molar-refractivity contribution is 0.218. The van der Waals surface area contributed by atoms with Crippen LogP contribution in [0.15, 0.2) is 54.1 Å². The van der Waals surface area contributed by atoms with Gasteiger partial charge in [-0.1, -0.05) is 18.2 Å². The smallest absolute Gasteiger partial charge is 0.262 e. The predicted molar refractivity (Wildman–Crippen MR) is 92.7 cm³/mol. The normalized spacial score (nSPS) is 18.7. The quantitative estimate of drug-likeness (QED) is 0.711. The lowest BCUT2D eigenvalue weighted by Crippen LogP contribution is -2.31. The Morgan fingerprint density at radius 1 is 1.20 bits per heavy atom. The largest absolute Gasteiger partial charge is 0.487 e. The number of pyridine rings is 1. The molecule has 25 heavy (non-hydrogen) atoms. The summed E-state index contributed by atoms with van der Waals surface area (Å²) in [5.74, 6) is 0.681. The van der Waals surface area contributed by atoms with E-state index in [1.165, 1.54) is 16.8 Å². The standard InChI is InChI=1S/C17H18N4O3S/c1-20-11-16(19-12-20)25(22,23)21-9-7-14(10-21)24-15-6-2-4-13-5-3-8-18-17(13)15/h2-6,8,11-12,14H,7,9-10H2,1H3. The number of aryl methyl sites for hydroxylation is 1. The van der Waals surface area contributed by atoms with Crippen LogP contribution in [0.3, 0.4) is 0 Å². The molecule has 0 saturated carbocycles. The number of fused-ring (bicyclic) bond motifs is 1. The summed E-state index contributed by atoms with van der Waals surface area (Å²) < 4.78 is 34.4. The first-order valence-electron chi connectivity index (χ1n) is 8.02. The monoisotopic (exact) mass is 358 g/mol. The summed E-state index contributed by atoms with van der Waals surface area (Å²) in [7, 11) is -1.83. The van der Waals surface area contributed by atoms with Crippen LogP contribution in [0.2, 0.25) is 0 Å². The van der Waals surface area contributed by atoms with Crippen LogP contribution < -0.4 is 4.74 Å². The maximum absolute atomic E-state index is 12.6. The van der Waals surface area contributed by atoms with E-state index in [1.54, 1.807) is 17.8 Å². The zero-order valence-corrected chi connectivity index (χ0v) is 14.6. The van der Waals surface area contributed by atoms with Gasteiger partial charge >= 0.3 is 0 Å². The van der Waals surface area contributed by atoms with Crippen molar-refractivity contribution in [2.24, 2.45) is 7.05 Å². The number of sulfonamides is 1. The molecule has 1 fully saturated rings. The van der Waals surface area contributed by atoms with Crippen molar-refractivity contribution in [3.63, 3.8) is 0 Å². The van der Waals surface area contributed by atoms with Crippen molar-refractivity contribution in [1.82, 2.24) is 18.8 Å². The molecule has 3 aromatic rings. The fourth-order valence-electron chi connectivity index (χ4n) is 3.02. The summed E-state index contributed by atoms with van der Waals surface area (Å²) >= 11 is 0. The van der Waals surface area contributed by atoms with Crippen molar-refractivity contribution in [3.8, 4) is 5.75 Å². The third kappa shape index (κ3) is 2.98. The fourth-order valence-corrected chi connectivity index (χ4v) is 4.47. The number of hydrogen-bond acceptors (Lipinski definition) is 5. The summed E-state index contributed by atoms with van der Waals surface area (Å²) in [4.78, 5) is 8.34. The average Bonchev–Trinajstić information content (AvgIpc) is 3.25. The van der Waals surface area contributed by atoms with Gasteiger partial charge in [-0.05, 0) is 18.6 Å². The van der Waals surface area contributed by atoms with Crippen LogP contribution in [-0.2, 0) is 17.1 Å². The molecule has 130 valence electrons. The van der Waals surface area contributed by atoms with Gasteiger partial charge in [-0.15, -0.1) is 0 Å². The highest BCUT2D eigenvalue weighted by Gasteiger charge is 2.35. The van der Waals surface area contributed by atoms with E-state index in [2.05, 4.69) is 9.97 Å². The topological polar surface area (TPSA) is 77.3 Å². The number of para-hydroxylation sites is 1. The molecule has 1 aromatic carbocycles. The molecule has 1 saturated heterocycles. The Bertz CT molecular complexity index is 1010. The van der Waals surface area contributed by atoms with Crippen molar-refractivity contribution in [1.29, 1.82) is 0 Å². The predicted octanol–water partition coefficient (Wildman–Crippen LogP) is 1.81. The number of hydrogen-bond donors (Lipinski definition) is 0. The molecule has 2 aromatic heterocycles. The maximum Gasteiger partial charge on any atom is 0.262 e. The van der Waals surface area contributed by atoms with Gasteiger partial charge in [-0.3, -0.25) is 4.98 Å². The molecule has 0 bridgehead atoms. The summed E-state index contributed by atoms with van der Waals surface area (Å²) in [6, 6.07) is 9.61. The van der Waals surface area contributed by atoms with E-state index in [4.69, 9.17) is 4.74 Å². The molecule has 0 amide bonds. The molecular formula is C17H18N4O3S. The van der Waals surface area contributed by atoms with E-state index in [1.807, 2.05) is 30.3 Å². The third-order valence-electron chi connectivity index (χ3n) is 4.28. The fraction of sp³-hybridized carbons (Fsp3) is 0.294. The van der Waals surface area contributed by atoms with Gasteiger partial charge in [0.05, 0.1) is 12.9 Å². The van der Waals surface area contributed by atoms with Gasteiger partial charge in [0.1, 0.15) is 17.4 Å². The Morgan fingerprint density at radius 2 is 2.04 bits per heavy atom. The van der Waals surface area contributed by atoms with Gasteiger partial charge < -0.3 is 9.30 Å². The number of rotatable bonds is 4. The minimum atomic E-state index is -3.58. The van der Waals surface area contributed by atoms with Gasteiger partial charge in [0.25, 0.3) is 10.0 Å². The Kier molecular flexibility index (Phi) is 3.93.